The van der Waals surface area contributed by atoms with Crippen LogP contribution in [0, 0.1) is 10.7 Å². The fraction of sp³-hybridized carbons (Fsp3) is 0.538. The first kappa shape index (κ1) is 13.4. The van der Waals surface area contributed by atoms with Crippen LogP contribution in [0.1, 0.15) is 0 Å². The lowest BCUT2D eigenvalue weighted by molar-refractivity contribution is -0.0138. The minimum absolute atomic E-state index is 0.0520. The van der Waals surface area contributed by atoms with Gasteiger partial charge in [-0.05, 0) is 17.3 Å². The zero-order valence-corrected chi connectivity index (χ0v) is 10.8. The van der Waals surface area contributed by atoms with E-state index in [1.807, 2.05) is 0 Å². The number of ether oxygens (including phenoxy) is 4. The maximum atomic E-state index is 13.2. The number of nitroso groups, excluding NO2 is 1. The van der Waals surface area contributed by atoms with E-state index in [0.717, 1.165) is 12.1 Å². The number of halogens is 1. The van der Waals surface area contributed by atoms with Gasteiger partial charge in [-0.2, -0.15) is 0 Å². The van der Waals surface area contributed by atoms with Crippen molar-refractivity contribution < 1.29 is 23.3 Å². The Hall–Kier alpha value is -1.57. The lowest BCUT2D eigenvalue weighted by Crippen LogP contribution is -2.35. The molecule has 2 aliphatic heterocycles. The van der Waals surface area contributed by atoms with Gasteiger partial charge in [-0.3, -0.25) is 0 Å². The van der Waals surface area contributed by atoms with Crippen molar-refractivity contribution in [1.29, 1.82) is 0 Å². The van der Waals surface area contributed by atoms with E-state index in [0.29, 0.717) is 13.2 Å². The van der Waals surface area contributed by atoms with Crippen molar-refractivity contribution in [3.05, 3.63) is 28.9 Å². The van der Waals surface area contributed by atoms with Crippen molar-refractivity contribution in [3.63, 3.8) is 0 Å². The Labute approximate surface area is 114 Å². The van der Waals surface area contributed by atoms with Gasteiger partial charge in [0.25, 0.3) is 0 Å². The average Bonchev–Trinajstić information content (AvgIpc) is 3.02. The summed E-state index contributed by atoms with van der Waals surface area (Å²) < 4.78 is 35.3. The summed E-state index contributed by atoms with van der Waals surface area (Å²) in [6, 6.07) is 3.57. The Morgan fingerprint density at radius 3 is 2.65 bits per heavy atom. The number of nitrogens with zero attached hydrogens (tertiary/aromatic N) is 1. The fourth-order valence-electron chi connectivity index (χ4n) is 2.55. The predicted molar refractivity (Wildman–Crippen MR) is 66.5 cm³/mol. The van der Waals surface area contributed by atoms with Crippen molar-refractivity contribution in [1.82, 2.24) is 0 Å². The van der Waals surface area contributed by atoms with Gasteiger partial charge in [0.2, 0.25) is 0 Å². The van der Waals surface area contributed by atoms with E-state index in [9.17, 15) is 9.30 Å². The molecule has 0 unspecified atom stereocenters. The lowest BCUT2D eigenvalue weighted by atomic mass is 10.1. The number of hydrogen-bond donors (Lipinski definition) is 0. The van der Waals surface area contributed by atoms with Crippen molar-refractivity contribution >= 4 is 5.69 Å². The standard InChI is InChI=1S/C13H14FNO5/c1-17-10-5-18-13-11(6-19-12(10)13)20-9-4-7(14)2-3-8(9)15-16/h2-4,10-13H,5-6H2,1H3/t10-,11-,12-,13-/m1/s1. The first-order valence-corrected chi connectivity index (χ1v) is 6.28. The van der Waals surface area contributed by atoms with E-state index < -0.39 is 11.9 Å². The van der Waals surface area contributed by atoms with Crippen LogP contribution in [-0.4, -0.2) is 44.7 Å². The molecule has 2 fully saturated rings. The zero-order chi connectivity index (χ0) is 14.1. The van der Waals surface area contributed by atoms with Gasteiger partial charge in [-0.15, -0.1) is 4.91 Å². The summed E-state index contributed by atoms with van der Waals surface area (Å²) in [5.74, 6) is -0.399. The van der Waals surface area contributed by atoms with Gasteiger partial charge in [-0.1, -0.05) is 0 Å². The van der Waals surface area contributed by atoms with E-state index >= 15 is 0 Å². The number of fused-ring (bicyclic) bond motifs is 1. The van der Waals surface area contributed by atoms with Gasteiger partial charge in [0.15, 0.2) is 11.9 Å². The molecule has 0 saturated carbocycles. The van der Waals surface area contributed by atoms with Crippen molar-refractivity contribution in [2.45, 2.75) is 24.4 Å². The molecule has 1 aromatic carbocycles. The third kappa shape index (κ3) is 2.28. The molecule has 2 heterocycles. The maximum absolute atomic E-state index is 13.2. The SMILES string of the molecule is CO[C@@H]1CO[C@H]2[C@@H]1OC[C@H]2Oc1cc(F)ccc1N=O. The second-order valence-corrected chi connectivity index (χ2v) is 4.73. The molecule has 6 nitrogen and oxygen atoms in total. The molecule has 1 aromatic rings. The van der Waals surface area contributed by atoms with Gasteiger partial charge in [0.05, 0.1) is 13.2 Å². The molecular formula is C13H14FNO5. The topological polar surface area (TPSA) is 66.3 Å². The molecule has 0 amide bonds. The number of benzene rings is 1. The van der Waals surface area contributed by atoms with Crippen LogP contribution in [0.4, 0.5) is 10.1 Å². The van der Waals surface area contributed by atoms with Crippen LogP contribution < -0.4 is 4.74 Å². The van der Waals surface area contributed by atoms with E-state index in [-0.39, 0.29) is 29.7 Å². The summed E-state index contributed by atoms with van der Waals surface area (Å²) in [5.41, 5.74) is 0.0520. The minimum atomic E-state index is -0.495. The molecule has 0 spiro atoms. The van der Waals surface area contributed by atoms with Crippen LogP contribution in [0.15, 0.2) is 23.4 Å². The van der Waals surface area contributed by atoms with Crippen LogP contribution in [0.3, 0.4) is 0 Å². The Bertz CT molecular complexity index is 512. The molecule has 2 saturated heterocycles. The second kappa shape index (κ2) is 5.43. The van der Waals surface area contributed by atoms with Gasteiger partial charge < -0.3 is 18.9 Å². The highest BCUT2D eigenvalue weighted by molar-refractivity contribution is 5.51. The fourth-order valence-corrected chi connectivity index (χ4v) is 2.55. The van der Waals surface area contributed by atoms with Crippen LogP contribution in [0.2, 0.25) is 0 Å². The molecule has 108 valence electrons. The molecule has 0 radical (unpaired) electrons. The number of hydrogen-bond acceptors (Lipinski definition) is 6. The molecule has 3 rings (SSSR count). The molecular weight excluding hydrogens is 269 g/mol. The average molecular weight is 283 g/mol. The summed E-state index contributed by atoms with van der Waals surface area (Å²) in [6.07, 6.45) is -1.04. The Morgan fingerprint density at radius 2 is 1.95 bits per heavy atom. The van der Waals surface area contributed by atoms with Crippen molar-refractivity contribution in [2.24, 2.45) is 5.18 Å². The van der Waals surface area contributed by atoms with Crippen LogP contribution in [-0.2, 0) is 14.2 Å². The molecule has 7 heteroatoms. The first-order valence-electron chi connectivity index (χ1n) is 6.28. The van der Waals surface area contributed by atoms with Gasteiger partial charge in [-0.25, -0.2) is 4.39 Å². The lowest BCUT2D eigenvalue weighted by Gasteiger charge is -2.18. The van der Waals surface area contributed by atoms with Crippen molar-refractivity contribution in [3.8, 4) is 5.75 Å². The minimum Gasteiger partial charge on any atom is -0.483 e. The van der Waals surface area contributed by atoms with Crippen molar-refractivity contribution in [2.75, 3.05) is 20.3 Å². The quantitative estimate of drug-likeness (QED) is 0.788. The monoisotopic (exact) mass is 283 g/mol. The van der Waals surface area contributed by atoms with Crippen LogP contribution in [0.5, 0.6) is 5.75 Å². The van der Waals surface area contributed by atoms with Crippen LogP contribution in [0.25, 0.3) is 0 Å². The Kier molecular flexibility index (Phi) is 3.64. The predicted octanol–water partition coefficient (Wildman–Crippen LogP) is 1.78. The summed E-state index contributed by atoms with van der Waals surface area (Å²) in [7, 11) is 1.59. The zero-order valence-electron chi connectivity index (χ0n) is 10.8. The molecule has 0 aliphatic carbocycles. The highest BCUT2D eigenvalue weighted by Gasteiger charge is 2.49. The normalized spacial score (nSPS) is 32.1. The number of rotatable bonds is 4. The van der Waals surface area contributed by atoms with Crippen LogP contribution >= 0.6 is 0 Å². The molecule has 20 heavy (non-hydrogen) atoms. The third-order valence-corrected chi connectivity index (χ3v) is 3.56. The van der Waals surface area contributed by atoms with E-state index in [1.54, 1.807) is 7.11 Å². The number of methoxy groups -OCH3 is 1. The summed E-state index contributed by atoms with van der Waals surface area (Å²) in [6.45, 7) is 0.720. The molecule has 0 bridgehead atoms. The summed E-state index contributed by atoms with van der Waals surface area (Å²) in [5, 5.41) is 2.82. The first-order chi connectivity index (χ1) is 9.72. The molecule has 0 aromatic heterocycles. The largest absolute Gasteiger partial charge is 0.483 e. The smallest absolute Gasteiger partial charge is 0.152 e. The third-order valence-electron chi connectivity index (χ3n) is 3.56. The van der Waals surface area contributed by atoms with E-state index in [4.69, 9.17) is 18.9 Å². The molecule has 4 atom stereocenters. The van der Waals surface area contributed by atoms with E-state index in [1.165, 1.54) is 6.07 Å². The van der Waals surface area contributed by atoms with Gasteiger partial charge in [0.1, 0.15) is 29.8 Å². The van der Waals surface area contributed by atoms with E-state index in [2.05, 4.69) is 5.18 Å². The highest BCUT2D eigenvalue weighted by atomic mass is 19.1. The highest BCUT2D eigenvalue weighted by Crippen LogP contribution is 2.34. The molecule has 2 aliphatic rings. The maximum Gasteiger partial charge on any atom is 0.152 e. The Balaban J connectivity index is 1.76. The Morgan fingerprint density at radius 1 is 1.25 bits per heavy atom. The summed E-state index contributed by atoms with van der Waals surface area (Å²) >= 11 is 0. The van der Waals surface area contributed by atoms with Gasteiger partial charge >= 0.3 is 0 Å². The van der Waals surface area contributed by atoms with Gasteiger partial charge in [0, 0.05) is 13.2 Å². The second-order valence-electron chi connectivity index (χ2n) is 4.73. The summed E-state index contributed by atoms with van der Waals surface area (Å²) in [4.78, 5) is 10.7. The molecule has 0 N–H and O–H groups in total.